The van der Waals surface area contributed by atoms with Gasteiger partial charge in [-0.25, -0.2) is 9.97 Å². The van der Waals surface area contributed by atoms with Crippen molar-refractivity contribution >= 4 is 11.6 Å². The molecule has 0 radical (unpaired) electrons. The molecule has 0 saturated heterocycles. The summed E-state index contributed by atoms with van der Waals surface area (Å²) >= 11 is 0. The van der Waals surface area contributed by atoms with Crippen molar-refractivity contribution in [3.05, 3.63) is 11.9 Å². The van der Waals surface area contributed by atoms with E-state index >= 15 is 0 Å². The van der Waals surface area contributed by atoms with Gasteiger partial charge in [-0.15, -0.1) is 0 Å². The summed E-state index contributed by atoms with van der Waals surface area (Å²) in [4.78, 5) is 9.55. The van der Waals surface area contributed by atoms with Gasteiger partial charge in [0.05, 0.1) is 0 Å². The van der Waals surface area contributed by atoms with Crippen LogP contribution in [-0.2, 0) is 0 Å². The quantitative estimate of drug-likeness (QED) is 0.917. The topological polar surface area (TPSA) is 55.0 Å². The molecule has 1 fully saturated rings. The number of aromatic nitrogens is 2. The highest BCUT2D eigenvalue weighted by atomic mass is 19.4. The summed E-state index contributed by atoms with van der Waals surface area (Å²) in [7, 11) is 0. The lowest BCUT2D eigenvalue weighted by molar-refractivity contribution is -0.120. The Labute approximate surface area is 109 Å². The van der Waals surface area contributed by atoms with E-state index in [9.17, 15) is 13.2 Å². The van der Waals surface area contributed by atoms with Gasteiger partial charge >= 0.3 is 6.18 Å². The van der Waals surface area contributed by atoms with Gasteiger partial charge in [0.1, 0.15) is 24.0 Å². The molecule has 1 saturated carbocycles. The Bertz CT molecular complexity index is 455. The normalized spacial score (nSPS) is 15.9. The monoisotopic (exact) mass is 274 g/mol. The van der Waals surface area contributed by atoms with Crippen LogP contribution >= 0.6 is 0 Å². The van der Waals surface area contributed by atoms with E-state index in [-0.39, 0.29) is 23.6 Å². The molecule has 19 heavy (non-hydrogen) atoms. The number of alkyl halides is 3. The first-order valence-corrected chi connectivity index (χ1v) is 6.24. The van der Waals surface area contributed by atoms with Crippen LogP contribution in [0.5, 0.6) is 0 Å². The molecule has 4 nitrogen and oxygen atoms in total. The molecule has 1 aromatic rings. The Morgan fingerprint density at radius 2 is 2.00 bits per heavy atom. The maximum Gasteiger partial charge on any atom is 0.405 e. The molecule has 1 heterocycles. The maximum absolute atomic E-state index is 12.6. The third-order valence-electron chi connectivity index (χ3n) is 2.90. The van der Waals surface area contributed by atoms with Crippen LogP contribution in [-0.4, -0.2) is 28.7 Å². The van der Waals surface area contributed by atoms with Crippen LogP contribution in [0.15, 0.2) is 6.07 Å². The van der Waals surface area contributed by atoms with Gasteiger partial charge in [0.2, 0.25) is 0 Å². The van der Waals surface area contributed by atoms with Gasteiger partial charge in [0.25, 0.3) is 0 Å². The molecule has 0 amide bonds. The van der Waals surface area contributed by atoms with Crippen LogP contribution in [0.2, 0.25) is 0 Å². The van der Waals surface area contributed by atoms with Crippen LogP contribution in [0.3, 0.4) is 0 Å². The second-order valence-electron chi connectivity index (χ2n) is 5.14. The van der Waals surface area contributed by atoms with E-state index in [0.717, 1.165) is 12.8 Å². The zero-order valence-electron chi connectivity index (χ0n) is 10.9. The highest BCUT2D eigenvalue weighted by Crippen LogP contribution is 2.34. The Hall–Kier alpha value is -1.53. The van der Waals surface area contributed by atoms with Crippen molar-refractivity contribution in [2.24, 2.45) is 0 Å². The van der Waals surface area contributed by atoms with Crippen LogP contribution in [0.25, 0.3) is 0 Å². The summed E-state index contributed by atoms with van der Waals surface area (Å²) in [6.45, 7) is 2.76. The smallest absolute Gasteiger partial charge is 0.384 e. The highest BCUT2D eigenvalue weighted by molar-refractivity contribution is 5.49. The fraction of sp³-hybridized carbons (Fsp3) is 0.667. The minimum atomic E-state index is -4.25. The molecule has 2 rings (SSSR count). The lowest BCUT2D eigenvalue weighted by atomic mass is 10.2. The SMILES string of the molecule is CC(C)c1nc(N)cc(N(CC(F)(F)F)C2CC2)n1. The molecule has 0 bridgehead atoms. The second kappa shape index (κ2) is 4.86. The van der Waals surface area contributed by atoms with Gasteiger partial charge < -0.3 is 10.6 Å². The number of anilines is 2. The molecule has 0 spiro atoms. The molecular formula is C12H17F3N4. The number of hydrogen-bond donors (Lipinski definition) is 1. The molecule has 1 aromatic heterocycles. The van der Waals surface area contributed by atoms with Gasteiger partial charge in [-0.3, -0.25) is 0 Å². The van der Waals surface area contributed by atoms with Crippen LogP contribution in [0.4, 0.5) is 24.8 Å². The summed E-state index contributed by atoms with van der Waals surface area (Å²) in [5.41, 5.74) is 5.66. The maximum atomic E-state index is 12.6. The van der Waals surface area contributed by atoms with E-state index in [1.165, 1.54) is 11.0 Å². The van der Waals surface area contributed by atoms with Crippen LogP contribution in [0.1, 0.15) is 38.4 Å². The van der Waals surface area contributed by atoms with E-state index in [4.69, 9.17) is 5.73 Å². The van der Waals surface area contributed by atoms with Crippen molar-refractivity contribution in [3.8, 4) is 0 Å². The lowest BCUT2D eigenvalue weighted by Crippen LogP contribution is -2.36. The average molecular weight is 274 g/mol. The number of nitrogen functional groups attached to an aromatic ring is 1. The third-order valence-corrected chi connectivity index (χ3v) is 2.90. The van der Waals surface area contributed by atoms with E-state index in [1.807, 2.05) is 13.8 Å². The fourth-order valence-electron chi connectivity index (χ4n) is 1.85. The molecule has 1 aliphatic rings. The molecule has 106 valence electrons. The van der Waals surface area contributed by atoms with Crippen molar-refractivity contribution < 1.29 is 13.2 Å². The average Bonchev–Trinajstić information content (AvgIpc) is 3.07. The second-order valence-corrected chi connectivity index (χ2v) is 5.14. The molecule has 0 unspecified atom stereocenters. The van der Waals surface area contributed by atoms with Gasteiger partial charge in [0, 0.05) is 18.0 Å². The van der Waals surface area contributed by atoms with Crippen molar-refractivity contribution in [2.45, 2.75) is 44.8 Å². The Morgan fingerprint density at radius 1 is 1.37 bits per heavy atom. The van der Waals surface area contributed by atoms with Crippen molar-refractivity contribution in [2.75, 3.05) is 17.2 Å². The van der Waals surface area contributed by atoms with E-state index < -0.39 is 12.7 Å². The van der Waals surface area contributed by atoms with Gasteiger partial charge in [-0.1, -0.05) is 13.8 Å². The van der Waals surface area contributed by atoms with Gasteiger partial charge in [-0.2, -0.15) is 13.2 Å². The number of nitrogens with zero attached hydrogens (tertiary/aromatic N) is 3. The first-order valence-electron chi connectivity index (χ1n) is 6.24. The lowest BCUT2D eigenvalue weighted by Gasteiger charge is -2.25. The van der Waals surface area contributed by atoms with E-state index in [1.54, 1.807) is 0 Å². The van der Waals surface area contributed by atoms with Crippen LogP contribution < -0.4 is 10.6 Å². The molecule has 7 heteroatoms. The summed E-state index contributed by atoms with van der Waals surface area (Å²) in [6.07, 6.45) is -2.73. The summed E-state index contributed by atoms with van der Waals surface area (Å²) < 4.78 is 37.9. The predicted octanol–water partition coefficient (Wildman–Crippen LogP) is 2.71. The van der Waals surface area contributed by atoms with E-state index in [0.29, 0.717) is 5.82 Å². The zero-order chi connectivity index (χ0) is 14.2. The van der Waals surface area contributed by atoms with Gasteiger partial charge in [0.15, 0.2) is 0 Å². The van der Waals surface area contributed by atoms with Gasteiger partial charge in [-0.05, 0) is 12.8 Å². The first-order chi connectivity index (χ1) is 8.76. The van der Waals surface area contributed by atoms with Crippen molar-refractivity contribution in [1.29, 1.82) is 0 Å². The Balaban J connectivity index is 2.31. The Kier molecular flexibility index (Phi) is 3.56. The minimum Gasteiger partial charge on any atom is -0.384 e. The largest absolute Gasteiger partial charge is 0.405 e. The molecular weight excluding hydrogens is 257 g/mol. The molecule has 1 aliphatic carbocycles. The fourth-order valence-corrected chi connectivity index (χ4v) is 1.85. The number of hydrogen-bond acceptors (Lipinski definition) is 4. The predicted molar refractivity (Wildman–Crippen MR) is 67.0 cm³/mol. The first kappa shape index (κ1) is 13.9. The minimum absolute atomic E-state index is 0.0224. The van der Waals surface area contributed by atoms with Crippen molar-refractivity contribution in [3.63, 3.8) is 0 Å². The number of halogens is 3. The third kappa shape index (κ3) is 3.71. The number of nitrogens with two attached hydrogens (primary N) is 1. The van der Waals surface area contributed by atoms with Crippen molar-refractivity contribution in [1.82, 2.24) is 9.97 Å². The Morgan fingerprint density at radius 3 is 2.47 bits per heavy atom. The summed E-state index contributed by atoms with van der Waals surface area (Å²) in [6, 6.07) is 1.33. The standard InChI is InChI=1S/C12H17F3N4/c1-7(2)11-17-9(16)5-10(18-11)19(8-3-4-8)6-12(13,14)15/h5,7-8H,3-4,6H2,1-2H3,(H2,16,17,18). The molecule has 0 atom stereocenters. The van der Waals surface area contributed by atoms with E-state index in [2.05, 4.69) is 9.97 Å². The zero-order valence-corrected chi connectivity index (χ0v) is 10.9. The molecule has 0 aromatic carbocycles. The summed E-state index contributed by atoms with van der Waals surface area (Å²) in [5, 5.41) is 0. The summed E-state index contributed by atoms with van der Waals surface area (Å²) in [5.74, 6) is 0.981. The molecule has 2 N–H and O–H groups in total. The van der Waals surface area contributed by atoms with Crippen LogP contribution in [0, 0.1) is 0 Å². The highest BCUT2D eigenvalue weighted by Gasteiger charge is 2.39. The number of rotatable bonds is 4. The molecule has 0 aliphatic heterocycles.